The Labute approximate surface area is 112 Å². The fourth-order valence-electron chi connectivity index (χ4n) is 1.57. The molecule has 1 N–H and O–H groups in total. The van der Waals surface area contributed by atoms with Crippen LogP contribution in [0.15, 0.2) is 34.9 Å². The normalized spacial score (nSPS) is 11.4. The number of carbonyl (C=O) groups is 1. The summed E-state index contributed by atoms with van der Waals surface area (Å²) in [6.07, 6.45) is 0. The summed E-state index contributed by atoms with van der Waals surface area (Å²) in [7, 11) is 0. The zero-order valence-electron chi connectivity index (χ0n) is 11.7. The second-order valence-corrected chi connectivity index (χ2v) is 5.65. The van der Waals surface area contributed by atoms with Gasteiger partial charge in [-0.25, -0.2) is 0 Å². The minimum Gasteiger partial charge on any atom is -0.360 e. The number of carbonyl (C=O) groups excluding carboxylic acids is 1. The first-order valence-electron chi connectivity index (χ1n) is 6.21. The minimum atomic E-state index is -0.261. The van der Waals surface area contributed by atoms with Crippen molar-refractivity contribution in [2.75, 3.05) is 5.32 Å². The van der Waals surface area contributed by atoms with E-state index >= 15 is 0 Å². The van der Waals surface area contributed by atoms with Gasteiger partial charge in [-0.2, -0.15) is 0 Å². The molecule has 0 saturated heterocycles. The highest BCUT2D eigenvalue weighted by Gasteiger charge is 2.22. The molecule has 2 rings (SSSR count). The molecule has 0 spiro atoms. The van der Waals surface area contributed by atoms with E-state index in [0.29, 0.717) is 11.5 Å². The van der Waals surface area contributed by atoms with E-state index in [1.54, 1.807) is 6.07 Å². The summed E-state index contributed by atoms with van der Waals surface area (Å²) in [6, 6.07) is 9.29. The third kappa shape index (κ3) is 3.22. The fraction of sp³-hybridized carbons (Fsp3) is 0.333. The standard InChI is InChI=1S/C15H18N2O2/c1-10-5-7-11(8-6-10)16-14(18)12-9-13(19-17-12)15(2,3)4/h5-9H,1-4H3,(H,16,18). The van der Waals surface area contributed by atoms with E-state index < -0.39 is 0 Å². The summed E-state index contributed by atoms with van der Waals surface area (Å²) in [5.74, 6) is 0.435. The summed E-state index contributed by atoms with van der Waals surface area (Å²) in [5, 5.41) is 6.60. The molecule has 1 amide bonds. The quantitative estimate of drug-likeness (QED) is 0.896. The Bertz CT molecular complexity index is 577. The number of aryl methyl sites for hydroxylation is 1. The molecule has 1 aromatic heterocycles. The first-order valence-corrected chi connectivity index (χ1v) is 6.21. The van der Waals surface area contributed by atoms with Crippen molar-refractivity contribution in [3.8, 4) is 0 Å². The van der Waals surface area contributed by atoms with Crippen molar-refractivity contribution in [3.63, 3.8) is 0 Å². The van der Waals surface area contributed by atoms with Gasteiger partial charge in [-0.15, -0.1) is 0 Å². The first kappa shape index (κ1) is 13.3. The number of anilines is 1. The van der Waals surface area contributed by atoms with E-state index in [1.165, 1.54) is 0 Å². The lowest BCUT2D eigenvalue weighted by atomic mass is 9.93. The van der Waals surface area contributed by atoms with Crippen molar-refractivity contribution in [1.29, 1.82) is 0 Å². The topological polar surface area (TPSA) is 55.1 Å². The van der Waals surface area contributed by atoms with Gasteiger partial charge in [0.2, 0.25) is 0 Å². The van der Waals surface area contributed by atoms with E-state index in [2.05, 4.69) is 10.5 Å². The molecular weight excluding hydrogens is 240 g/mol. The maximum atomic E-state index is 12.0. The van der Waals surface area contributed by atoms with Crippen molar-refractivity contribution in [2.45, 2.75) is 33.1 Å². The third-order valence-electron chi connectivity index (χ3n) is 2.79. The highest BCUT2D eigenvalue weighted by molar-refractivity contribution is 6.02. The Kier molecular flexibility index (Phi) is 3.42. The molecule has 0 aliphatic heterocycles. The second-order valence-electron chi connectivity index (χ2n) is 5.65. The average Bonchev–Trinajstić information content (AvgIpc) is 2.81. The lowest BCUT2D eigenvalue weighted by molar-refractivity contribution is 0.101. The predicted octanol–water partition coefficient (Wildman–Crippen LogP) is 3.53. The zero-order valence-corrected chi connectivity index (χ0v) is 11.7. The second kappa shape index (κ2) is 4.88. The van der Waals surface area contributed by atoms with Crippen LogP contribution in [0.3, 0.4) is 0 Å². The number of amides is 1. The minimum absolute atomic E-state index is 0.157. The first-order chi connectivity index (χ1) is 8.86. The van der Waals surface area contributed by atoms with Gasteiger partial charge in [0.15, 0.2) is 5.69 Å². The van der Waals surface area contributed by atoms with Crippen molar-refractivity contribution in [3.05, 3.63) is 47.3 Å². The summed E-state index contributed by atoms with van der Waals surface area (Å²) in [5.41, 5.74) is 2.03. The Balaban J connectivity index is 2.12. The van der Waals surface area contributed by atoms with Gasteiger partial charge in [-0.1, -0.05) is 43.6 Å². The molecule has 0 saturated carbocycles. The summed E-state index contributed by atoms with van der Waals surface area (Å²) in [6.45, 7) is 8.03. The number of nitrogens with one attached hydrogen (secondary N) is 1. The third-order valence-corrected chi connectivity index (χ3v) is 2.79. The van der Waals surface area contributed by atoms with Crippen LogP contribution in [0, 0.1) is 6.92 Å². The van der Waals surface area contributed by atoms with E-state index in [0.717, 1.165) is 11.3 Å². The van der Waals surface area contributed by atoms with Gasteiger partial charge in [-0.3, -0.25) is 4.79 Å². The zero-order chi connectivity index (χ0) is 14.0. The SMILES string of the molecule is Cc1ccc(NC(=O)c2cc(C(C)(C)C)on2)cc1. The number of hydrogen-bond donors (Lipinski definition) is 1. The van der Waals surface area contributed by atoms with Crippen LogP contribution >= 0.6 is 0 Å². The van der Waals surface area contributed by atoms with Crippen LogP contribution in [0.25, 0.3) is 0 Å². The Morgan fingerprint density at radius 1 is 1.21 bits per heavy atom. The molecular formula is C15H18N2O2. The maximum Gasteiger partial charge on any atom is 0.277 e. The van der Waals surface area contributed by atoms with Crippen LogP contribution in [-0.4, -0.2) is 11.1 Å². The molecule has 2 aromatic rings. The lowest BCUT2D eigenvalue weighted by Gasteiger charge is -2.12. The predicted molar refractivity (Wildman–Crippen MR) is 74.3 cm³/mol. The van der Waals surface area contributed by atoms with Gasteiger partial charge >= 0.3 is 0 Å². The van der Waals surface area contributed by atoms with Crippen LogP contribution in [0.5, 0.6) is 0 Å². The van der Waals surface area contributed by atoms with Crippen LogP contribution in [0.1, 0.15) is 42.6 Å². The van der Waals surface area contributed by atoms with Gasteiger partial charge in [0.25, 0.3) is 5.91 Å². The van der Waals surface area contributed by atoms with Gasteiger partial charge in [0.1, 0.15) is 5.76 Å². The molecule has 0 aliphatic rings. The summed E-state index contributed by atoms with van der Waals surface area (Å²) in [4.78, 5) is 12.0. The highest BCUT2D eigenvalue weighted by atomic mass is 16.5. The molecule has 0 aliphatic carbocycles. The molecule has 0 atom stereocenters. The van der Waals surface area contributed by atoms with Crippen molar-refractivity contribution in [2.24, 2.45) is 0 Å². The fourth-order valence-corrected chi connectivity index (χ4v) is 1.57. The van der Waals surface area contributed by atoms with Gasteiger partial charge in [0, 0.05) is 17.2 Å². The van der Waals surface area contributed by atoms with Crippen LogP contribution in [0.2, 0.25) is 0 Å². The molecule has 0 fully saturated rings. The van der Waals surface area contributed by atoms with Crippen molar-refractivity contribution < 1.29 is 9.32 Å². The van der Waals surface area contributed by atoms with Crippen LogP contribution in [0.4, 0.5) is 5.69 Å². The molecule has 100 valence electrons. The summed E-state index contributed by atoms with van der Waals surface area (Å²) >= 11 is 0. The van der Waals surface area contributed by atoms with Crippen molar-refractivity contribution >= 4 is 11.6 Å². The lowest BCUT2D eigenvalue weighted by Crippen LogP contribution is -2.13. The number of rotatable bonds is 2. The molecule has 0 unspecified atom stereocenters. The number of hydrogen-bond acceptors (Lipinski definition) is 3. The van der Waals surface area contributed by atoms with E-state index in [9.17, 15) is 4.79 Å². The Hall–Kier alpha value is -2.10. The van der Waals surface area contributed by atoms with Crippen LogP contribution in [-0.2, 0) is 5.41 Å². The molecule has 4 heteroatoms. The molecule has 0 bridgehead atoms. The Morgan fingerprint density at radius 3 is 2.37 bits per heavy atom. The number of benzene rings is 1. The summed E-state index contributed by atoms with van der Waals surface area (Å²) < 4.78 is 5.20. The van der Waals surface area contributed by atoms with Crippen LogP contribution < -0.4 is 5.32 Å². The maximum absolute atomic E-state index is 12.0. The highest BCUT2D eigenvalue weighted by Crippen LogP contribution is 2.23. The van der Waals surface area contributed by atoms with Gasteiger partial charge < -0.3 is 9.84 Å². The molecule has 0 radical (unpaired) electrons. The van der Waals surface area contributed by atoms with Gasteiger partial charge in [0.05, 0.1) is 0 Å². The number of nitrogens with zero attached hydrogens (tertiary/aromatic N) is 1. The van der Waals surface area contributed by atoms with E-state index in [-0.39, 0.29) is 11.3 Å². The van der Waals surface area contributed by atoms with Gasteiger partial charge in [-0.05, 0) is 19.1 Å². The average molecular weight is 258 g/mol. The molecule has 19 heavy (non-hydrogen) atoms. The Morgan fingerprint density at radius 2 is 1.84 bits per heavy atom. The van der Waals surface area contributed by atoms with E-state index in [4.69, 9.17) is 4.52 Å². The molecule has 4 nitrogen and oxygen atoms in total. The monoisotopic (exact) mass is 258 g/mol. The molecule has 1 aromatic carbocycles. The largest absolute Gasteiger partial charge is 0.360 e. The molecule has 1 heterocycles. The smallest absolute Gasteiger partial charge is 0.277 e. The van der Waals surface area contributed by atoms with E-state index in [1.807, 2.05) is 52.0 Å². The number of aromatic nitrogens is 1. The van der Waals surface area contributed by atoms with Crippen molar-refractivity contribution in [1.82, 2.24) is 5.16 Å².